The summed E-state index contributed by atoms with van der Waals surface area (Å²) >= 11 is 0. The van der Waals surface area contributed by atoms with Gasteiger partial charge in [-0.15, -0.1) is 0 Å². The number of piperazine rings is 1. The van der Waals surface area contributed by atoms with Crippen LogP contribution in [0.3, 0.4) is 0 Å². The Hall–Kier alpha value is -2.60. The summed E-state index contributed by atoms with van der Waals surface area (Å²) in [6, 6.07) is 12.9. The number of pyridine rings is 1. The number of rotatable bonds is 6. The molecule has 26 heavy (non-hydrogen) atoms. The summed E-state index contributed by atoms with van der Waals surface area (Å²) in [7, 11) is 0. The van der Waals surface area contributed by atoms with Crippen molar-refractivity contribution in [3.63, 3.8) is 0 Å². The minimum Gasteiger partial charge on any atom is -0.492 e. The molecule has 1 aromatic carbocycles. The van der Waals surface area contributed by atoms with E-state index in [1.807, 2.05) is 42.2 Å². The predicted octanol–water partition coefficient (Wildman–Crippen LogP) is 1.71. The number of benzene rings is 1. The van der Waals surface area contributed by atoms with E-state index in [-0.39, 0.29) is 11.5 Å². The number of para-hydroxylation sites is 1. The monoisotopic (exact) mass is 355 g/mol. The Labute approximate surface area is 153 Å². The van der Waals surface area contributed by atoms with Crippen molar-refractivity contribution < 1.29 is 9.53 Å². The Morgan fingerprint density at radius 2 is 1.81 bits per heavy atom. The fourth-order valence-corrected chi connectivity index (χ4v) is 3.07. The quantitative estimate of drug-likeness (QED) is 0.792. The highest BCUT2D eigenvalue weighted by atomic mass is 16.5. The molecule has 0 unspecified atom stereocenters. The van der Waals surface area contributed by atoms with E-state index in [4.69, 9.17) is 4.74 Å². The molecular formula is C20H25N3O3. The zero-order valence-corrected chi connectivity index (χ0v) is 15.1. The van der Waals surface area contributed by atoms with Gasteiger partial charge in [0.05, 0.1) is 0 Å². The molecule has 2 aromatic rings. The van der Waals surface area contributed by atoms with Gasteiger partial charge >= 0.3 is 0 Å². The Kier molecular flexibility index (Phi) is 6.07. The minimum atomic E-state index is -0.130. The number of aryl methyl sites for hydroxylation is 1. The van der Waals surface area contributed by atoms with E-state index in [0.717, 1.165) is 25.4 Å². The van der Waals surface area contributed by atoms with Crippen LogP contribution < -0.4 is 10.3 Å². The van der Waals surface area contributed by atoms with Gasteiger partial charge in [-0.25, -0.2) is 0 Å². The van der Waals surface area contributed by atoms with E-state index < -0.39 is 0 Å². The number of carbonyl (C=O) groups excluding carboxylic acids is 1. The van der Waals surface area contributed by atoms with Gasteiger partial charge in [-0.3, -0.25) is 14.5 Å². The third kappa shape index (κ3) is 4.52. The molecule has 0 atom stereocenters. The van der Waals surface area contributed by atoms with Crippen LogP contribution in [0.1, 0.15) is 17.3 Å². The van der Waals surface area contributed by atoms with Gasteiger partial charge in [0.15, 0.2) is 0 Å². The third-order valence-corrected chi connectivity index (χ3v) is 4.66. The molecule has 1 saturated heterocycles. The molecule has 0 aliphatic carbocycles. The number of carbonyl (C=O) groups is 1. The lowest BCUT2D eigenvalue weighted by molar-refractivity contribution is 0.0620. The first-order valence-corrected chi connectivity index (χ1v) is 9.07. The van der Waals surface area contributed by atoms with E-state index in [0.29, 0.717) is 31.8 Å². The van der Waals surface area contributed by atoms with Crippen LogP contribution in [0, 0.1) is 0 Å². The molecule has 0 N–H and O–H groups in total. The summed E-state index contributed by atoms with van der Waals surface area (Å²) in [5.74, 6) is 0.814. The standard InChI is InChI=1S/C20H25N3O3/c1-2-22-9-8-17(16-19(22)24)20(25)23-12-10-21(11-13-23)14-15-26-18-6-4-3-5-7-18/h3-9,16H,2,10-15H2,1H3. The van der Waals surface area contributed by atoms with Crippen molar-refractivity contribution in [3.05, 3.63) is 64.6 Å². The van der Waals surface area contributed by atoms with Crippen LogP contribution in [0.2, 0.25) is 0 Å². The van der Waals surface area contributed by atoms with Crippen LogP contribution in [0.25, 0.3) is 0 Å². The molecule has 6 nitrogen and oxygen atoms in total. The predicted molar refractivity (Wildman–Crippen MR) is 101 cm³/mol. The summed E-state index contributed by atoms with van der Waals surface area (Å²) in [5, 5.41) is 0. The van der Waals surface area contributed by atoms with Crippen molar-refractivity contribution in [1.29, 1.82) is 0 Å². The molecule has 1 aliphatic heterocycles. The van der Waals surface area contributed by atoms with Gasteiger partial charge in [0, 0.05) is 57.1 Å². The normalized spacial score (nSPS) is 15.0. The zero-order chi connectivity index (χ0) is 18.4. The van der Waals surface area contributed by atoms with Crippen molar-refractivity contribution in [3.8, 4) is 5.75 Å². The first-order chi connectivity index (χ1) is 12.7. The maximum Gasteiger partial charge on any atom is 0.254 e. The Bertz CT molecular complexity index is 780. The molecule has 6 heteroatoms. The zero-order valence-electron chi connectivity index (χ0n) is 15.1. The lowest BCUT2D eigenvalue weighted by atomic mass is 10.2. The fourth-order valence-electron chi connectivity index (χ4n) is 3.07. The lowest BCUT2D eigenvalue weighted by Gasteiger charge is -2.34. The van der Waals surface area contributed by atoms with Crippen LogP contribution in [-0.2, 0) is 6.54 Å². The second-order valence-corrected chi connectivity index (χ2v) is 6.34. The van der Waals surface area contributed by atoms with Gasteiger partial charge in [-0.2, -0.15) is 0 Å². The number of hydrogen-bond donors (Lipinski definition) is 0. The van der Waals surface area contributed by atoms with Crippen molar-refractivity contribution in [2.45, 2.75) is 13.5 Å². The first-order valence-electron chi connectivity index (χ1n) is 9.07. The highest BCUT2D eigenvalue weighted by Gasteiger charge is 2.22. The summed E-state index contributed by atoms with van der Waals surface area (Å²) < 4.78 is 7.31. The number of amides is 1. The van der Waals surface area contributed by atoms with Crippen LogP contribution in [-0.4, -0.2) is 59.6 Å². The van der Waals surface area contributed by atoms with E-state index in [1.54, 1.807) is 16.8 Å². The van der Waals surface area contributed by atoms with Crippen molar-refractivity contribution in [1.82, 2.24) is 14.4 Å². The van der Waals surface area contributed by atoms with E-state index in [9.17, 15) is 9.59 Å². The Morgan fingerprint density at radius 1 is 1.08 bits per heavy atom. The summed E-state index contributed by atoms with van der Waals surface area (Å²) in [5.41, 5.74) is 0.343. The molecule has 0 bridgehead atoms. The number of hydrogen-bond acceptors (Lipinski definition) is 4. The highest BCUT2D eigenvalue weighted by Crippen LogP contribution is 2.10. The van der Waals surface area contributed by atoms with Gasteiger partial charge < -0.3 is 14.2 Å². The smallest absolute Gasteiger partial charge is 0.254 e. The topological polar surface area (TPSA) is 54.8 Å². The molecule has 138 valence electrons. The van der Waals surface area contributed by atoms with E-state index >= 15 is 0 Å². The largest absolute Gasteiger partial charge is 0.492 e. The molecule has 1 fully saturated rings. The van der Waals surface area contributed by atoms with Gasteiger partial charge in [-0.1, -0.05) is 18.2 Å². The molecular weight excluding hydrogens is 330 g/mol. The molecule has 0 radical (unpaired) electrons. The Morgan fingerprint density at radius 3 is 2.46 bits per heavy atom. The van der Waals surface area contributed by atoms with Gasteiger partial charge in [0.2, 0.25) is 0 Å². The summed E-state index contributed by atoms with van der Waals surface area (Å²) in [4.78, 5) is 28.6. The molecule has 3 rings (SSSR count). The lowest BCUT2D eigenvalue weighted by Crippen LogP contribution is -2.49. The highest BCUT2D eigenvalue weighted by molar-refractivity contribution is 5.94. The van der Waals surface area contributed by atoms with Crippen molar-refractivity contribution in [2.75, 3.05) is 39.3 Å². The van der Waals surface area contributed by atoms with E-state index in [1.165, 1.54) is 6.07 Å². The molecule has 1 aromatic heterocycles. The summed E-state index contributed by atoms with van der Waals surface area (Å²) in [6.07, 6.45) is 1.69. The fraction of sp³-hybridized carbons (Fsp3) is 0.400. The third-order valence-electron chi connectivity index (χ3n) is 4.66. The van der Waals surface area contributed by atoms with Crippen LogP contribution in [0.4, 0.5) is 0 Å². The molecule has 0 spiro atoms. The number of nitrogens with zero attached hydrogens (tertiary/aromatic N) is 3. The van der Waals surface area contributed by atoms with Crippen LogP contribution in [0.5, 0.6) is 5.75 Å². The average Bonchev–Trinajstić information content (AvgIpc) is 2.69. The number of ether oxygens (including phenoxy) is 1. The number of aromatic nitrogens is 1. The summed E-state index contributed by atoms with van der Waals surface area (Å²) in [6.45, 7) is 6.95. The average molecular weight is 355 g/mol. The maximum atomic E-state index is 12.6. The van der Waals surface area contributed by atoms with Crippen LogP contribution >= 0.6 is 0 Å². The van der Waals surface area contributed by atoms with E-state index in [2.05, 4.69) is 4.90 Å². The second-order valence-electron chi connectivity index (χ2n) is 6.34. The first kappa shape index (κ1) is 18.2. The van der Waals surface area contributed by atoms with Gasteiger partial charge in [-0.05, 0) is 25.1 Å². The van der Waals surface area contributed by atoms with Gasteiger partial charge in [0.1, 0.15) is 12.4 Å². The molecule has 1 amide bonds. The van der Waals surface area contributed by atoms with Crippen LogP contribution in [0.15, 0.2) is 53.5 Å². The maximum absolute atomic E-state index is 12.6. The molecule has 0 saturated carbocycles. The molecule has 1 aliphatic rings. The molecule has 2 heterocycles. The Balaban J connectivity index is 1.46. The SMILES string of the molecule is CCn1ccc(C(=O)N2CCN(CCOc3ccccc3)CC2)cc1=O. The van der Waals surface area contributed by atoms with Gasteiger partial charge in [0.25, 0.3) is 11.5 Å². The van der Waals surface area contributed by atoms with Crippen molar-refractivity contribution >= 4 is 5.91 Å². The second kappa shape index (κ2) is 8.67. The van der Waals surface area contributed by atoms with Crippen molar-refractivity contribution in [2.24, 2.45) is 0 Å². The minimum absolute atomic E-state index is 0.0643.